The second-order valence-electron chi connectivity index (χ2n) is 5.43. The van der Waals surface area contributed by atoms with Crippen LogP contribution >= 0.6 is 11.8 Å². The molecule has 26 heavy (non-hydrogen) atoms. The highest BCUT2D eigenvalue weighted by Crippen LogP contribution is 2.52. The number of benzene rings is 1. The van der Waals surface area contributed by atoms with Gasteiger partial charge in [0.15, 0.2) is 5.60 Å². The summed E-state index contributed by atoms with van der Waals surface area (Å²) in [5.41, 5.74) is -2.98. The minimum Gasteiger partial charge on any atom is -0.502 e. The molecule has 2 nitrogen and oxygen atoms in total. The molecule has 0 amide bonds. The number of rotatable bonds is 8. The van der Waals surface area contributed by atoms with E-state index in [4.69, 9.17) is 0 Å². The highest BCUT2D eigenvalue weighted by Gasteiger charge is 2.79. The fraction of sp³-hybridized carbons (Fsp3) is 0.500. The van der Waals surface area contributed by atoms with E-state index in [1.54, 1.807) is 19.1 Å². The Morgan fingerprint density at radius 1 is 1.00 bits per heavy atom. The SMILES string of the molecule is CCO/C=C/[C@](O)(CSc1ccc(C)cc1)C(F)(F)C(F)(F)C(F)(F)F. The maximum atomic E-state index is 14.1. The Labute approximate surface area is 150 Å². The van der Waals surface area contributed by atoms with Crippen LogP contribution in [0.15, 0.2) is 41.5 Å². The predicted molar refractivity (Wildman–Crippen MR) is 83.6 cm³/mol. The van der Waals surface area contributed by atoms with E-state index in [0.29, 0.717) is 22.9 Å². The molecule has 0 aliphatic rings. The molecule has 1 rings (SSSR count). The Bertz CT molecular complexity index is 614. The normalized spacial score (nSPS) is 15.9. The van der Waals surface area contributed by atoms with Crippen molar-refractivity contribution in [3.8, 4) is 0 Å². The number of ether oxygens (including phenoxy) is 1. The van der Waals surface area contributed by atoms with Gasteiger partial charge in [-0.2, -0.15) is 30.7 Å². The van der Waals surface area contributed by atoms with Gasteiger partial charge >= 0.3 is 18.0 Å². The highest BCUT2D eigenvalue weighted by atomic mass is 32.2. The molecule has 10 heteroatoms. The molecule has 0 radical (unpaired) electrons. The van der Waals surface area contributed by atoms with Gasteiger partial charge in [0.2, 0.25) is 0 Å². The Morgan fingerprint density at radius 3 is 2.00 bits per heavy atom. The van der Waals surface area contributed by atoms with E-state index in [1.165, 1.54) is 19.1 Å². The lowest BCUT2D eigenvalue weighted by Crippen LogP contribution is -2.64. The molecule has 0 spiro atoms. The molecule has 0 saturated carbocycles. The molecule has 0 fully saturated rings. The zero-order valence-corrected chi connectivity index (χ0v) is 14.6. The summed E-state index contributed by atoms with van der Waals surface area (Å²) in [6.45, 7) is 3.12. The van der Waals surface area contributed by atoms with E-state index in [1.807, 2.05) is 0 Å². The Balaban J connectivity index is 3.21. The van der Waals surface area contributed by atoms with Gasteiger partial charge < -0.3 is 9.84 Å². The van der Waals surface area contributed by atoms with Crippen LogP contribution in [0, 0.1) is 6.92 Å². The topological polar surface area (TPSA) is 29.5 Å². The van der Waals surface area contributed by atoms with E-state index >= 15 is 0 Å². The second-order valence-corrected chi connectivity index (χ2v) is 6.48. The van der Waals surface area contributed by atoms with E-state index in [0.717, 1.165) is 5.56 Å². The Morgan fingerprint density at radius 2 is 1.54 bits per heavy atom. The smallest absolute Gasteiger partial charge is 0.460 e. The third-order valence-corrected chi connectivity index (χ3v) is 4.57. The van der Waals surface area contributed by atoms with Gasteiger partial charge in [-0.15, -0.1) is 11.8 Å². The number of alkyl halides is 7. The van der Waals surface area contributed by atoms with Crippen molar-refractivity contribution < 1.29 is 40.6 Å². The minimum absolute atomic E-state index is 0.0566. The molecule has 148 valence electrons. The van der Waals surface area contributed by atoms with Crippen LogP contribution in [0.3, 0.4) is 0 Å². The van der Waals surface area contributed by atoms with E-state index in [9.17, 15) is 35.8 Å². The summed E-state index contributed by atoms with van der Waals surface area (Å²) in [6, 6.07) is 6.12. The summed E-state index contributed by atoms with van der Waals surface area (Å²) < 4.78 is 96.9. The van der Waals surface area contributed by atoms with Crippen molar-refractivity contribution in [2.24, 2.45) is 0 Å². The summed E-state index contributed by atoms with van der Waals surface area (Å²) in [5, 5.41) is 10.1. The van der Waals surface area contributed by atoms with Crippen molar-refractivity contribution in [1.82, 2.24) is 0 Å². The molecule has 0 unspecified atom stereocenters. The Kier molecular flexibility index (Phi) is 7.03. The molecule has 0 aromatic heterocycles. The first kappa shape index (κ1) is 22.6. The van der Waals surface area contributed by atoms with E-state index in [2.05, 4.69) is 4.74 Å². The molecular weight excluding hydrogens is 389 g/mol. The van der Waals surface area contributed by atoms with Gasteiger partial charge in [-0.3, -0.25) is 0 Å². The van der Waals surface area contributed by atoms with Gasteiger partial charge in [0, 0.05) is 10.6 Å². The standard InChI is InChI=1S/C16H17F7O2S/c1-3-25-9-8-13(24,10-26-12-6-4-11(2)5-7-12)14(17,18)15(19,20)16(21,22)23/h4-9,24H,3,10H2,1-2H3/b9-8+/t13-/m0/s1. The maximum Gasteiger partial charge on any atom is 0.460 e. The first-order valence-corrected chi connectivity index (χ1v) is 8.30. The summed E-state index contributed by atoms with van der Waals surface area (Å²) in [5.74, 6) is -13.4. The molecule has 0 saturated heterocycles. The van der Waals surface area contributed by atoms with Gasteiger partial charge in [-0.05, 0) is 32.1 Å². The van der Waals surface area contributed by atoms with E-state index < -0.39 is 29.4 Å². The van der Waals surface area contributed by atoms with E-state index in [-0.39, 0.29) is 12.7 Å². The predicted octanol–water partition coefficient (Wildman–Crippen LogP) is 5.20. The summed E-state index contributed by atoms with van der Waals surface area (Å²) >= 11 is 0.510. The molecule has 1 aromatic carbocycles. The zero-order valence-electron chi connectivity index (χ0n) is 13.8. The molecule has 1 aromatic rings. The number of aryl methyl sites for hydroxylation is 1. The largest absolute Gasteiger partial charge is 0.502 e. The fourth-order valence-electron chi connectivity index (χ4n) is 1.78. The molecule has 0 aliphatic carbocycles. The van der Waals surface area contributed by atoms with Crippen LogP contribution in [0.4, 0.5) is 30.7 Å². The van der Waals surface area contributed by atoms with Crippen molar-refractivity contribution in [2.45, 2.75) is 42.4 Å². The number of hydrogen-bond donors (Lipinski definition) is 1. The lowest BCUT2D eigenvalue weighted by atomic mass is 9.92. The lowest BCUT2D eigenvalue weighted by molar-refractivity contribution is -0.379. The molecule has 0 aliphatic heterocycles. The van der Waals surface area contributed by atoms with Crippen molar-refractivity contribution in [3.63, 3.8) is 0 Å². The van der Waals surface area contributed by atoms with Crippen LogP contribution in [0.1, 0.15) is 12.5 Å². The maximum absolute atomic E-state index is 14.1. The number of hydrogen-bond acceptors (Lipinski definition) is 3. The lowest BCUT2D eigenvalue weighted by Gasteiger charge is -2.38. The molecular formula is C16H17F7O2S. The third kappa shape index (κ3) is 4.64. The summed E-state index contributed by atoms with van der Waals surface area (Å²) in [6.07, 6.45) is -5.94. The van der Waals surface area contributed by atoms with Crippen molar-refractivity contribution in [1.29, 1.82) is 0 Å². The first-order valence-electron chi connectivity index (χ1n) is 7.32. The molecule has 0 bridgehead atoms. The van der Waals surface area contributed by atoms with Crippen LogP contribution in [-0.4, -0.2) is 41.1 Å². The molecule has 1 N–H and O–H groups in total. The van der Waals surface area contributed by atoms with Crippen LogP contribution in [0.5, 0.6) is 0 Å². The second kappa shape index (κ2) is 8.08. The van der Waals surface area contributed by atoms with Gasteiger partial charge in [0.25, 0.3) is 0 Å². The minimum atomic E-state index is -6.54. The molecule has 0 heterocycles. The van der Waals surface area contributed by atoms with Gasteiger partial charge in [0.05, 0.1) is 12.9 Å². The van der Waals surface area contributed by atoms with Crippen LogP contribution in [-0.2, 0) is 4.74 Å². The highest BCUT2D eigenvalue weighted by molar-refractivity contribution is 7.99. The van der Waals surface area contributed by atoms with Gasteiger partial charge in [-0.1, -0.05) is 17.7 Å². The van der Waals surface area contributed by atoms with Gasteiger partial charge in [-0.25, -0.2) is 0 Å². The third-order valence-electron chi connectivity index (χ3n) is 3.38. The first-order chi connectivity index (χ1) is 11.8. The van der Waals surface area contributed by atoms with Crippen molar-refractivity contribution >= 4 is 11.8 Å². The summed E-state index contributed by atoms with van der Waals surface area (Å²) in [4.78, 5) is 0.310. The quantitative estimate of drug-likeness (QED) is 0.366. The van der Waals surface area contributed by atoms with Gasteiger partial charge in [0.1, 0.15) is 0 Å². The zero-order chi connectivity index (χ0) is 20.2. The number of halogens is 7. The van der Waals surface area contributed by atoms with Crippen LogP contribution < -0.4 is 0 Å². The monoisotopic (exact) mass is 406 g/mol. The average molecular weight is 406 g/mol. The van der Waals surface area contributed by atoms with Crippen LogP contribution in [0.25, 0.3) is 0 Å². The van der Waals surface area contributed by atoms with Crippen LogP contribution in [0.2, 0.25) is 0 Å². The van der Waals surface area contributed by atoms with Crippen molar-refractivity contribution in [2.75, 3.05) is 12.4 Å². The fourth-order valence-corrected chi connectivity index (χ4v) is 2.77. The summed E-state index contributed by atoms with van der Waals surface area (Å²) in [7, 11) is 0. The average Bonchev–Trinajstić information content (AvgIpc) is 2.53. The van der Waals surface area contributed by atoms with Crippen molar-refractivity contribution in [3.05, 3.63) is 42.2 Å². The number of aliphatic hydroxyl groups is 1. The Hall–Kier alpha value is -1.42. The number of thioether (sulfide) groups is 1. The molecule has 1 atom stereocenters.